The van der Waals surface area contributed by atoms with Crippen LogP contribution in [0.3, 0.4) is 0 Å². The van der Waals surface area contributed by atoms with Crippen LogP contribution in [0, 0.1) is 5.41 Å². The Kier molecular flexibility index (Phi) is 2.60. The van der Waals surface area contributed by atoms with E-state index in [2.05, 4.69) is 5.32 Å². The van der Waals surface area contributed by atoms with Crippen LogP contribution in [0.4, 0.5) is 4.79 Å². The minimum Gasteiger partial charge on any atom is -0.368 e. The molecule has 0 bridgehead atoms. The Hall–Kier alpha value is -1.92. The summed E-state index contributed by atoms with van der Waals surface area (Å²) >= 11 is 0. The van der Waals surface area contributed by atoms with Crippen LogP contribution >= 0.6 is 0 Å². The lowest BCUT2D eigenvalue weighted by Gasteiger charge is -2.36. The van der Waals surface area contributed by atoms with Gasteiger partial charge in [0.25, 0.3) is 0 Å². The molecule has 0 aromatic rings. The van der Waals surface area contributed by atoms with Gasteiger partial charge in [-0.15, -0.1) is 0 Å². The summed E-state index contributed by atoms with van der Waals surface area (Å²) < 4.78 is 0. The molecule has 7 heteroatoms. The summed E-state index contributed by atoms with van der Waals surface area (Å²) in [5.74, 6) is -1.93. The number of nitrogens with one attached hydrogen (secondary N) is 1. The molecule has 2 aliphatic rings. The minimum atomic E-state index is -1.16. The zero-order valence-corrected chi connectivity index (χ0v) is 9.19. The average molecular weight is 239 g/mol. The third-order valence-electron chi connectivity index (χ3n) is 3.33. The molecule has 1 aliphatic carbocycles. The summed E-state index contributed by atoms with van der Waals surface area (Å²) in [5, 5.41) is 2.12. The third kappa shape index (κ3) is 1.67. The molecule has 2 rings (SSSR count). The number of imide groups is 2. The number of nitrogens with two attached hydrogens (primary N) is 1. The first-order chi connectivity index (χ1) is 7.97. The van der Waals surface area contributed by atoms with Crippen molar-refractivity contribution in [1.82, 2.24) is 10.2 Å². The second-order valence-electron chi connectivity index (χ2n) is 4.41. The summed E-state index contributed by atoms with van der Waals surface area (Å²) in [6.07, 6.45) is 2.36. The number of amides is 5. The van der Waals surface area contributed by atoms with Crippen molar-refractivity contribution in [2.24, 2.45) is 11.1 Å². The van der Waals surface area contributed by atoms with Crippen molar-refractivity contribution in [2.75, 3.05) is 6.54 Å². The van der Waals surface area contributed by atoms with Crippen LogP contribution < -0.4 is 11.1 Å². The van der Waals surface area contributed by atoms with Gasteiger partial charge in [-0.1, -0.05) is 12.8 Å². The molecule has 1 aliphatic heterocycles. The number of urea groups is 1. The summed E-state index contributed by atoms with van der Waals surface area (Å²) in [4.78, 5) is 46.9. The first kappa shape index (κ1) is 11.6. The second kappa shape index (κ2) is 3.83. The minimum absolute atomic E-state index is 0.417. The first-order valence-electron chi connectivity index (χ1n) is 5.43. The van der Waals surface area contributed by atoms with Gasteiger partial charge in [-0.3, -0.25) is 24.6 Å². The average Bonchev–Trinajstić information content (AvgIpc) is 2.72. The van der Waals surface area contributed by atoms with Gasteiger partial charge >= 0.3 is 6.03 Å². The van der Waals surface area contributed by atoms with E-state index in [-0.39, 0.29) is 0 Å². The van der Waals surface area contributed by atoms with Crippen molar-refractivity contribution in [3.63, 3.8) is 0 Å². The molecule has 1 spiro atoms. The van der Waals surface area contributed by atoms with Crippen LogP contribution in [-0.4, -0.2) is 35.2 Å². The number of primary amides is 1. The first-order valence-corrected chi connectivity index (χ1v) is 5.43. The lowest BCUT2D eigenvalue weighted by molar-refractivity contribution is -0.152. The zero-order valence-electron chi connectivity index (χ0n) is 9.19. The number of hydrogen-bond acceptors (Lipinski definition) is 4. The Bertz CT molecular complexity index is 412. The molecule has 7 nitrogen and oxygen atoms in total. The van der Waals surface area contributed by atoms with E-state index in [9.17, 15) is 19.2 Å². The molecule has 3 N–H and O–H groups in total. The topological polar surface area (TPSA) is 110 Å². The van der Waals surface area contributed by atoms with Crippen molar-refractivity contribution in [1.29, 1.82) is 0 Å². The highest BCUT2D eigenvalue weighted by Gasteiger charge is 2.55. The van der Waals surface area contributed by atoms with Gasteiger partial charge in [0.1, 0.15) is 12.0 Å². The fourth-order valence-electron chi connectivity index (χ4n) is 2.45. The molecule has 0 atom stereocenters. The van der Waals surface area contributed by atoms with Crippen LogP contribution in [0.1, 0.15) is 25.7 Å². The van der Waals surface area contributed by atoms with E-state index in [4.69, 9.17) is 5.73 Å². The Morgan fingerprint density at radius 2 is 1.88 bits per heavy atom. The maximum absolute atomic E-state index is 12.1. The molecular weight excluding hydrogens is 226 g/mol. The Balaban J connectivity index is 2.30. The van der Waals surface area contributed by atoms with Crippen LogP contribution in [-0.2, 0) is 14.4 Å². The maximum Gasteiger partial charge on any atom is 0.331 e. The molecule has 0 aromatic carbocycles. The van der Waals surface area contributed by atoms with Crippen molar-refractivity contribution in [3.05, 3.63) is 0 Å². The molecule has 17 heavy (non-hydrogen) atoms. The highest BCUT2D eigenvalue weighted by atomic mass is 16.2. The van der Waals surface area contributed by atoms with E-state index in [0.717, 1.165) is 17.7 Å². The molecule has 0 unspecified atom stereocenters. The monoisotopic (exact) mass is 239 g/mol. The fraction of sp³-hybridized carbons (Fsp3) is 0.600. The number of barbiturate groups is 1. The van der Waals surface area contributed by atoms with Crippen LogP contribution in [0.15, 0.2) is 0 Å². The Morgan fingerprint density at radius 1 is 1.29 bits per heavy atom. The van der Waals surface area contributed by atoms with E-state index < -0.39 is 35.7 Å². The van der Waals surface area contributed by atoms with E-state index in [1.165, 1.54) is 0 Å². The third-order valence-corrected chi connectivity index (χ3v) is 3.33. The number of rotatable bonds is 2. The number of hydrogen-bond donors (Lipinski definition) is 2. The highest BCUT2D eigenvalue weighted by Crippen LogP contribution is 2.41. The Labute approximate surface area is 97.3 Å². The molecule has 92 valence electrons. The molecule has 1 saturated carbocycles. The summed E-state index contributed by atoms with van der Waals surface area (Å²) in [5.41, 5.74) is 3.81. The van der Waals surface area contributed by atoms with Crippen molar-refractivity contribution in [3.8, 4) is 0 Å². The van der Waals surface area contributed by atoms with Gasteiger partial charge < -0.3 is 5.73 Å². The number of carbonyl (C=O) groups excluding carboxylic acids is 4. The Morgan fingerprint density at radius 3 is 2.41 bits per heavy atom. The summed E-state index contributed by atoms with van der Waals surface area (Å²) in [7, 11) is 0. The quantitative estimate of drug-likeness (QED) is 0.609. The molecule has 1 heterocycles. The van der Waals surface area contributed by atoms with Gasteiger partial charge in [0.2, 0.25) is 17.7 Å². The van der Waals surface area contributed by atoms with E-state index >= 15 is 0 Å². The largest absolute Gasteiger partial charge is 0.368 e. The van der Waals surface area contributed by atoms with Crippen molar-refractivity contribution >= 4 is 23.8 Å². The lowest BCUT2D eigenvalue weighted by Crippen LogP contribution is -2.64. The molecule has 1 saturated heterocycles. The maximum atomic E-state index is 12.1. The molecular formula is C10H13N3O4. The van der Waals surface area contributed by atoms with Crippen molar-refractivity contribution < 1.29 is 19.2 Å². The molecule has 2 fully saturated rings. The van der Waals surface area contributed by atoms with Gasteiger partial charge in [-0.2, -0.15) is 0 Å². The fourth-order valence-corrected chi connectivity index (χ4v) is 2.45. The van der Waals surface area contributed by atoms with Gasteiger partial charge in [-0.05, 0) is 12.8 Å². The standard InChI is InChI=1S/C10H13N3O4/c11-6(14)5-13-8(16)10(3-1-2-4-10)7(15)12-9(13)17/h1-5H2,(H2,11,14)(H,12,15,17). The number of nitrogens with zero attached hydrogens (tertiary/aromatic N) is 1. The predicted octanol–water partition coefficient (Wildman–Crippen LogP) is -0.890. The summed E-state index contributed by atoms with van der Waals surface area (Å²) in [6.45, 7) is -0.486. The molecule has 5 amide bonds. The number of carbonyl (C=O) groups is 4. The van der Waals surface area contributed by atoms with Gasteiger partial charge in [0.15, 0.2) is 0 Å². The normalized spacial score (nSPS) is 23.1. The lowest BCUT2D eigenvalue weighted by atomic mass is 9.82. The summed E-state index contributed by atoms with van der Waals surface area (Å²) in [6, 6.07) is -0.865. The van der Waals surface area contributed by atoms with E-state index in [1.54, 1.807) is 0 Å². The van der Waals surface area contributed by atoms with Gasteiger partial charge in [0, 0.05) is 0 Å². The zero-order chi connectivity index (χ0) is 12.6. The van der Waals surface area contributed by atoms with Gasteiger partial charge in [0.05, 0.1) is 0 Å². The highest BCUT2D eigenvalue weighted by molar-refractivity contribution is 6.20. The SMILES string of the molecule is NC(=O)CN1C(=O)NC(=O)C2(CCCC2)C1=O. The van der Waals surface area contributed by atoms with Crippen molar-refractivity contribution in [2.45, 2.75) is 25.7 Å². The van der Waals surface area contributed by atoms with E-state index in [0.29, 0.717) is 12.8 Å². The molecule has 0 radical (unpaired) electrons. The predicted molar refractivity (Wildman–Crippen MR) is 55.3 cm³/mol. The van der Waals surface area contributed by atoms with E-state index in [1.807, 2.05) is 0 Å². The van der Waals surface area contributed by atoms with Crippen LogP contribution in [0.25, 0.3) is 0 Å². The van der Waals surface area contributed by atoms with Crippen LogP contribution in [0.5, 0.6) is 0 Å². The molecule has 0 aromatic heterocycles. The van der Waals surface area contributed by atoms with Crippen LogP contribution in [0.2, 0.25) is 0 Å². The smallest absolute Gasteiger partial charge is 0.331 e. The second-order valence-corrected chi connectivity index (χ2v) is 4.41. The van der Waals surface area contributed by atoms with Gasteiger partial charge in [-0.25, -0.2) is 4.79 Å².